The average Bonchev–Trinajstić information content (AvgIpc) is 2.45. The highest BCUT2D eigenvalue weighted by Gasteiger charge is 2.49. The summed E-state index contributed by atoms with van der Waals surface area (Å²) in [5, 5.41) is 6.09. The van der Waals surface area contributed by atoms with E-state index >= 15 is 0 Å². The maximum absolute atomic E-state index is 12.4. The number of hydrogen-bond acceptors (Lipinski definition) is 4. The third-order valence-corrected chi connectivity index (χ3v) is 4.32. The largest absolute Gasteiger partial charge is 0.378 e. The van der Waals surface area contributed by atoms with E-state index < -0.39 is 0 Å². The first-order chi connectivity index (χ1) is 9.88. The van der Waals surface area contributed by atoms with Crippen LogP contribution in [0.2, 0.25) is 0 Å². The van der Waals surface area contributed by atoms with Gasteiger partial charge in [0.1, 0.15) is 5.82 Å². The Bertz CT molecular complexity index is 528. The number of pyridine rings is 1. The minimum absolute atomic E-state index is 0.0282. The second-order valence-corrected chi connectivity index (χ2v) is 6.16. The molecule has 116 valence electrons. The van der Waals surface area contributed by atoms with Crippen molar-refractivity contribution in [2.24, 2.45) is 5.41 Å². The summed E-state index contributed by atoms with van der Waals surface area (Å²) in [6.45, 7) is 8.87. The smallest absolute Gasteiger partial charge is 0.251 e. The Morgan fingerprint density at radius 1 is 1.48 bits per heavy atom. The second kappa shape index (κ2) is 6.02. The van der Waals surface area contributed by atoms with Gasteiger partial charge in [0, 0.05) is 36.4 Å². The molecule has 0 aliphatic heterocycles. The van der Waals surface area contributed by atoms with Crippen molar-refractivity contribution in [3.8, 4) is 0 Å². The number of aromatic nitrogens is 1. The molecule has 2 rings (SSSR count). The quantitative estimate of drug-likeness (QED) is 0.874. The van der Waals surface area contributed by atoms with Crippen LogP contribution in [0.1, 0.15) is 43.2 Å². The molecule has 1 fully saturated rings. The Morgan fingerprint density at radius 3 is 2.76 bits per heavy atom. The van der Waals surface area contributed by atoms with Crippen LogP contribution < -0.4 is 10.6 Å². The fourth-order valence-electron chi connectivity index (χ4n) is 2.78. The monoisotopic (exact) mass is 291 g/mol. The molecule has 1 aliphatic carbocycles. The van der Waals surface area contributed by atoms with E-state index in [4.69, 9.17) is 4.74 Å². The normalized spacial score (nSPS) is 23.3. The lowest BCUT2D eigenvalue weighted by atomic mass is 9.64. The molecule has 0 spiro atoms. The van der Waals surface area contributed by atoms with E-state index in [-0.39, 0.29) is 23.5 Å². The van der Waals surface area contributed by atoms with Crippen molar-refractivity contribution in [3.63, 3.8) is 0 Å². The highest BCUT2D eigenvalue weighted by atomic mass is 16.5. The van der Waals surface area contributed by atoms with Gasteiger partial charge in [-0.3, -0.25) is 4.79 Å². The van der Waals surface area contributed by atoms with Crippen molar-refractivity contribution in [2.45, 2.75) is 46.3 Å². The first kappa shape index (κ1) is 15.8. The number of nitrogens with one attached hydrogen (secondary N) is 2. The van der Waals surface area contributed by atoms with E-state index in [9.17, 15) is 4.79 Å². The molecule has 0 radical (unpaired) electrons. The molecule has 5 heteroatoms. The van der Waals surface area contributed by atoms with Crippen molar-refractivity contribution in [1.82, 2.24) is 10.3 Å². The number of amides is 1. The molecular formula is C16H25N3O2. The first-order valence-corrected chi connectivity index (χ1v) is 7.47. The zero-order valence-corrected chi connectivity index (χ0v) is 13.5. The molecular weight excluding hydrogens is 266 g/mol. The third kappa shape index (κ3) is 3.18. The van der Waals surface area contributed by atoms with Crippen LogP contribution in [0, 0.1) is 12.3 Å². The third-order valence-electron chi connectivity index (χ3n) is 4.32. The van der Waals surface area contributed by atoms with E-state index in [0.717, 1.165) is 12.1 Å². The van der Waals surface area contributed by atoms with Gasteiger partial charge >= 0.3 is 0 Å². The molecule has 1 saturated carbocycles. The summed E-state index contributed by atoms with van der Waals surface area (Å²) >= 11 is 0. The lowest BCUT2D eigenvalue weighted by Crippen LogP contribution is -2.62. The molecule has 1 amide bonds. The molecule has 1 aromatic rings. The van der Waals surface area contributed by atoms with Crippen LogP contribution in [0.15, 0.2) is 12.1 Å². The van der Waals surface area contributed by atoms with Gasteiger partial charge in [0.15, 0.2) is 0 Å². The van der Waals surface area contributed by atoms with Crippen LogP contribution in [0.4, 0.5) is 5.82 Å². The molecule has 2 atom stereocenters. The van der Waals surface area contributed by atoms with Gasteiger partial charge in [-0.25, -0.2) is 4.98 Å². The maximum atomic E-state index is 12.4. The Labute approximate surface area is 126 Å². The number of carbonyl (C=O) groups is 1. The van der Waals surface area contributed by atoms with Crippen LogP contribution >= 0.6 is 0 Å². The van der Waals surface area contributed by atoms with E-state index in [1.807, 2.05) is 19.9 Å². The molecule has 5 nitrogen and oxygen atoms in total. The van der Waals surface area contributed by atoms with Crippen LogP contribution in [-0.2, 0) is 4.74 Å². The zero-order valence-electron chi connectivity index (χ0n) is 13.5. The lowest BCUT2D eigenvalue weighted by Gasteiger charge is -2.51. The SMILES string of the molecule is CCOC1CC(NC(=O)c2cc(C)nc(NC)c2)C1(C)C. The fraction of sp³-hybridized carbons (Fsp3) is 0.625. The Hall–Kier alpha value is -1.62. The standard InChI is InChI=1S/C16H25N3O2/c1-6-21-13-9-12(16(13,3)4)19-15(20)11-7-10(2)18-14(8-11)17-5/h7-8,12-13H,6,9H2,1-5H3,(H,17,18)(H,19,20). The Morgan fingerprint density at radius 2 is 2.19 bits per heavy atom. The molecule has 1 aliphatic rings. The van der Waals surface area contributed by atoms with Crippen molar-refractivity contribution in [2.75, 3.05) is 19.0 Å². The van der Waals surface area contributed by atoms with Gasteiger partial charge in [-0.15, -0.1) is 0 Å². The number of aryl methyl sites for hydroxylation is 1. The van der Waals surface area contributed by atoms with Crippen molar-refractivity contribution < 1.29 is 9.53 Å². The summed E-state index contributed by atoms with van der Waals surface area (Å²) in [5.41, 5.74) is 1.44. The van der Waals surface area contributed by atoms with Crippen LogP contribution in [0.5, 0.6) is 0 Å². The zero-order chi connectivity index (χ0) is 15.6. The van der Waals surface area contributed by atoms with Gasteiger partial charge < -0.3 is 15.4 Å². The van der Waals surface area contributed by atoms with Gasteiger partial charge in [-0.1, -0.05) is 13.8 Å². The number of carbonyl (C=O) groups excluding carboxylic acids is 1. The first-order valence-electron chi connectivity index (χ1n) is 7.47. The highest BCUT2D eigenvalue weighted by Crippen LogP contribution is 2.42. The number of hydrogen-bond donors (Lipinski definition) is 2. The molecule has 0 saturated heterocycles. The second-order valence-electron chi connectivity index (χ2n) is 6.16. The predicted molar refractivity (Wildman–Crippen MR) is 83.6 cm³/mol. The highest BCUT2D eigenvalue weighted by molar-refractivity contribution is 5.95. The molecule has 2 unspecified atom stereocenters. The van der Waals surface area contributed by atoms with Crippen molar-refractivity contribution in [1.29, 1.82) is 0 Å². The minimum atomic E-state index is -0.0509. The summed E-state index contributed by atoms with van der Waals surface area (Å²) in [7, 11) is 1.80. The van der Waals surface area contributed by atoms with E-state index in [1.165, 1.54) is 0 Å². The van der Waals surface area contributed by atoms with Gasteiger partial charge in [-0.05, 0) is 32.4 Å². The molecule has 2 N–H and O–H groups in total. The fourth-order valence-corrected chi connectivity index (χ4v) is 2.78. The summed E-state index contributed by atoms with van der Waals surface area (Å²) in [5.74, 6) is 0.658. The van der Waals surface area contributed by atoms with Crippen LogP contribution in [0.25, 0.3) is 0 Å². The topological polar surface area (TPSA) is 63.2 Å². The van der Waals surface area contributed by atoms with E-state index in [0.29, 0.717) is 18.0 Å². The average molecular weight is 291 g/mol. The van der Waals surface area contributed by atoms with Gasteiger partial charge in [0.05, 0.1) is 6.10 Å². The number of ether oxygens (including phenoxy) is 1. The van der Waals surface area contributed by atoms with E-state index in [2.05, 4.69) is 29.5 Å². The van der Waals surface area contributed by atoms with Gasteiger partial charge in [0.25, 0.3) is 5.91 Å². The lowest BCUT2D eigenvalue weighted by molar-refractivity contribution is -0.111. The van der Waals surface area contributed by atoms with Crippen LogP contribution in [-0.4, -0.2) is 36.7 Å². The maximum Gasteiger partial charge on any atom is 0.251 e. The van der Waals surface area contributed by atoms with Crippen molar-refractivity contribution >= 4 is 11.7 Å². The van der Waals surface area contributed by atoms with E-state index in [1.54, 1.807) is 13.1 Å². The number of nitrogens with zero attached hydrogens (tertiary/aromatic N) is 1. The van der Waals surface area contributed by atoms with Gasteiger partial charge in [0.2, 0.25) is 0 Å². The Kier molecular flexibility index (Phi) is 4.52. The summed E-state index contributed by atoms with van der Waals surface area (Å²) in [6.07, 6.45) is 1.09. The van der Waals surface area contributed by atoms with Crippen LogP contribution in [0.3, 0.4) is 0 Å². The minimum Gasteiger partial charge on any atom is -0.378 e. The van der Waals surface area contributed by atoms with Crippen molar-refractivity contribution in [3.05, 3.63) is 23.4 Å². The summed E-state index contributed by atoms with van der Waals surface area (Å²) in [4.78, 5) is 16.7. The molecule has 0 aromatic carbocycles. The summed E-state index contributed by atoms with van der Waals surface area (Å²) < 4.78 is 5.69. The predicted octanol–water partition coefficient (Wildman–Crippen LogP) is 2.37. The summed E-state index contributed by atoms with van der Waals surface area (Å²) in [6, 6.07) is 3.73. The molecule has 1 heterocycles. The Balaban J connectivity index is 2.04. The molecule has 1 aromatic heterocycles. The van der Waals surface area contributed by atoms with Gasteiger partial charge in [-0.2, -0.15) is 0 Å². The number of rotatable bonds is 5. The number of anilines is 1. The molecule has 0 bridgehead atoms. The molecule has 21 heavy (non-hydrogen) atoms.